The lowest BCUT2D eigenvalue weighted by atomic mass is 9.93. The fraction of sp³-hybridized carbons (Fsp3) is 0.714. The minimum absolute atomic E-state index is 0. The largest absolute Gasteiger partial charge is 0.350 e. The van der Waals surface area contributed by atoms with Crippen LogP contribution in [0.25, 0.3) is 0 Å². The van der Waals surface area contributed by atoms with Crippen molar-refractivity contribution in [1.82, 2.24) is 15.2 Å². The summed E-state index contributed by atoms with van der Waals surface area (Å²) in [6, 6.07) is 0. The third-order valence-corrected chi connectivity index (χ3v) is 4.73. The number of guanidine groups is 1. The Morgan fingerprint density at radius 3 is 2.60 bits per heavy atom. The summed E-state index contributed by atoms with van der Waals surface area (Å²) in [4.78, 5) is 12.6. The Kier molecular flexibility index (Phi) is 6.25. The number of hydrogen-bond donors (Lipinski definition) is 1. The van der Waals surface area contributed by atoms with E-state index in [-0.39, 0.29) is 24.0 Å². The zero-order valence-corrected chi connectivity index (χ0v) is 16.1. The molecule has 1 saturated heterocycles. The molecule has 1 fully saturated rings. The first-order chi connectivity index (χ1) is 8.91. The highest BCUT2D eigenvalue weighted by molar-refractivity contribution is 14.0. The van der Waals surface area contributed by atoms with Crippen molar-refractivity contribution in [3.8, 4) is 0 Å². The molecular weight excluding hydrogens is 383 g/mol. The Morgan fingerprint density at radius 2 is 2.15 bits per heavy atom. The van der Waals surface area contributed by atoms with Crippen LogP contribution >= 0.6 is 35.3 Å². The van der Waals surface area contributed by atoms with E-state index >= 15 is 0 Å². The molecule has 4 nitrogen and oxygen atoms in total. The van der Waals surface area contributed by atoms with Crippen LogP contribution in [0.15, 0.2) is 4.99 Å². The minimum Gasteiger partial charge on any atom is -0.350 e. The van der Waals surface area contributed by atoms with Gasteiger partial charge in [-0.2, -0.15) is 0 Å². The number of hydrogen-bond acceptors (Lipinski definition) is 3. The van der Waals surface area contributed by atoms with Gasteiger partial charge in [0.25, 0.3) is 0 Å². The van der Waals surface area contributed by atoms with Gasteiger partial charge in [0.2, 0.25) is 0 Å². The van der Waals surface area contributed by atoms with Crippen molar-refractivity contribution in [3.63, 3.8) is 0 Å². The van der Waals surface area contributed by atoms with E-state index in [1.165, 1.54) is 11.3 Å². The lowest BCUT2D eigenvalue weighted by Gasteiger charge is -2.23. The number of aromatic nitrogens is 1. The van der Waals surface area contributed by atoms with Gasteiger partial charge in [-0.3, -0.25) is 4.99 Å². The van der Waals surface area contributed by atoms with Crippen molar-refractivity contribution < 1.29 is 0 Å². The highest BCUT2D eigenvalue weighted by Gasteiger charge is 2.30. The van der Waals surface area contributed by atoms with E-state index in [2.05, 4.69) is 47.9 Å². The van der Waals surface area contributed by atoms with Crippen LogP contribution in [0.4, 0.5) is 0 Å². The van der Waals surface area contributed by atoms with Gasteiger partial charge >= 0.3 is 0 Å². The molecule has 2 rings (SSSR count). The van der Waals surface area contributed by atoms with Crippen molar-refractivity contribution >= 4 is 41.3 Å². The van der Waals surface area contributed by atoms with Gasteiger partial charge in [-0.05, 0) is 25.7 Å². The molecule has 0 radical (unpaired) electrons. The lowest BCUT2D eigenvalue weighted by molar-refractivity contribution is 0.370. The van der Waals surface area contributed by atoms with E-state index in [4.69, 9.17) is 0 Å². The molecule has 0 spiro atoms. The molecule has 20 heavy (non-hydrogen) atoms. The Hall–Kier alpha value is -0.370. The van der Waals surface area contributed by atoms with Gasteiger partial charge in [-0.15, -0.1) is 35.3 Å². The SMILES string of the molecule is CN=C(NCc1nc(C)c(C)s1)N1CCC(C)(C)C1.I. The van der Waals surface area contributed by atoms with Crippen molar-refractivity contribution in [1.29, 1.82) is 0 Å². The maximum atomic E-state index is 4.55. The van der Waals surface area contributed by atoms with Gasteiger partial charge in [0.05, 0.1) is 12.2 Å². The molecule has 2 heterocycles. The predicted molar refractivity (Wildman–Crippen MR) is 97.2 cm³/mol. The third kappa shape index (κ3) is 4.31. The van der Waals surface area contributed by atoms with Gasteiger partial charge in [-0.25, -0.2) is 4.98 Å². The summed E-state index contributed by atoms with van der Waals surface area (Å²) in [6.07, 6.45) is 1.23. The summed E-state index contributed by atoms with van der Waals surface area (Å²) in [7, 11) is 1.85. The maximum Gasteiger partial charge on any atom is 0.194 e. The molecular formula is C14H25IN4S. The maximum absolute atomic E-state index is 4.55. The quantitative estimate of drug-likeness (QED) is 0.464. The highest BCUT2D eigenvalue weighted by Crippen LogP contribution is 2.28. The van der Waals surface area contributed by atoms with Gasteiger partial charge in [-0.1, -0.05) is 13.8 Å². The first kappa shape index (κ1) is 17.7. The average Bonchev–Trinajstić information content (AvgIpc) is 2.84. The number of halogens is 1. The minimum atomic E-state index is 0. The smallest absolute Gasteiger partial charge is 0.194 e. The van der Waals surface area contributed by atoms with E-state index in [0.717, 1.165) is 36.3 Å². The Bertz CT molecular complexity index is 462. The number of likely N-dealkylation sites (tertiary alicyclic amines) is 1. The summed E-state index contributed by atoms with van der Waals surface area (Å²) >= 11 is 1.76. The van der Waals surface area contributed by atoms with Crippen LogP contribution in [0, 0.1) is 19.3 Å². The number of nitrogens with one attached hydrogen (secondary N) is 1. The summed E-state index contributed by atoms with van der Waals surface area (Å²) in [5.41, 5.74) is 1.53. The molecule has 0 bridgehead atoms. The van der Waals surface area contributed by atoms with E-state index in [1.54, 1.807) is 11.3 Å². The predicted octanol–water partition coefficient (Wildman–Crippen LogP) is 3.19. The van der Waals surface area contributed by atoms with Crippen molar-refractivity contribution in [2.75, 3.05) is 20.1 Å². The second-order valence-electron chi connectivity index (χ2n) is 5.99. The van der Waals surface area contributed by atoms with Crippen LogP contribution in [0.5, 0.6) is 0 Å². The molecule has 1 aliphatic heterocycles. The second-order valence-corrected chi connectivity index (χ2v) is 7.27. The molecule has 0 amide bonds. The summed E-state index contributed by atoms with van der Waals surface area (Å²) in [5, 5.41) is 4.56. The van der Waals surface area contributed by atoms with Crippen LogP contribution in [0.3, 0.4) is 0 Å². The monoisotopic (exact) mass is 408 g/mol. The van der Waals surface area contributed by atoms with Gasteiger partial charge < -0.3 is 10.2 Å². The average molecular weight is 408 g/mol. The molecule has 0 saturated carbocycles. The molecule has 0 aliphatic carbocycles. The fourth-order valence-corrected chi connectivity index (χ4v) is 3.27. The third-order valence-electron chi connectivity index (χ3n) is 3.66. The molecule has 0 aromatic carbocycles. The molecule has 1 aromatic heterocycles. The summed E-state index contributed by atoms with van der Waals surface area (Å²) in [6.45, 7) is 11.7. The molecule has 6 heteroatoms. The molecule has 0 atom stereocenters. The summed E-state index contributed by atoms with van der Waals surface area (Å²) in [5.74, 6) is 0.996. The fourth-order valence-electron chi connectivity index (χ4n) is 2.39. The van der Waals surface area contributed by atoms with Gasteiger partial charge in [0, 0.05) is 25.0 Å². The molecule has 0 unspecified atom stereocenters. The Labute approximate surface area is 143 Å². The Morgan fingerprint density at radius 1 is 1.45 bits per heavy atom. The lowest BCUT2D eigenvalue weighted by Crippen LogP contribution is -2.40. The van der Waals surface area contributed by atoms with E-state index in [9.17, 15) is 0 Å². The van der Waals surface area contributed by atoms with Crippen LogP contribution < -0.4 is 5.32 Å². The Balaban J connectivity index is 0.00000200. The molecule has 1 N–H and O–H groups in total. The van der Waals surface area contributed by atoms with Crippen LogP contribution in [-0.4, -0.2) is 36.0 Å². The number of aryl methyl sites for hydroxylation is 2. The standard InChI is InChI=1S/C14H24N4S.HI/c1-10-11(2)19-12(17-10)8-16-13(15-5)18-7-6-14(3,4)9-18;/h6-9H2,1-5H3,(H,15,16);1H. The van der Waals surface area contributed by atoms with Gasteiger partial charge in [0.15, 0.2) is 5.96 Å². The molecule has 1 aromatic rings. The van der Waals surface area contributed by atoms with Crippen molar-refractivity contribution in [3.05, 3.63) is 15.6 Å². The van der Waals surface area contributed by atoms with Crippen molar-refractivity contribution in [2.24, 2.45) is 10.4 Å². The van der Waals surface area contributed by atoms with E-state index in [1.807, 2.05) is 7.05 Å². The second kappa shape index (κ2) is 7.06. The number of aliphatic imine (C=N–C) groups is 1. The number of nitrogens with zero attached hydrogens (tertiary/aromatic N) is 3. The molecule has 1 aliphatic rings. The zero-order chi connectivity index (χ0) is 14.0. The van der Waals surface area contributed by atoms with Crippen molar-refractivity contribution in [2.45, 2.75) is 40.7 Å². The number of rotatable bonds is 2. The first-order valence-corrected chi connectivity index (χ1v) is 7.61. The van der Waals surface area contributed by atoms with Gasteiger partial charge in [0.1, 0.15) is 5.01 Å². The first-order valence-electron chi connectivity index (χ1n) is 6.80. The van der Waals surface area contributed by atoms with Crippen LogP contribution in [0.1, 0.15) is 35.8 Å². The number of thiazole rings is 1. The summed E-state index contributed by atoms with van der Waals surface area (Å²) < 4.78 is 0. The highest BCUT2D eigenvalue weighted by atomic mass is 127. The van der Waals surface area contributed by atoms with Crippen LogP contribution in [-0.2, 0) is 6.54 Å². The topological polar surface area (TPSA) is 40.5 Å². The van der Waals surface area contributed by atoms with Crippen LogP contribution in [0.2, 0.25) is 0 Å². The van der Waals surface area contributed by atoms with E-state index < -0.39 is 0 Å². The zero-order valence-electron chi connectivity index (χ0n) is 13.0. The normalized spacial score (nSPS) is 18.1. The van der Waals surface area contributed by atoms with E-state index in [0.29, 0.717) is 5.41 Å². The molecule has 114 valence electrons.